The number of nitrogens with one attached hydrogen (secondary N) is 2. The van der Waals surface area contributed by atoms with Crippen molar-refractivity contribution < 1.29 is 4.79 Å². The smallest absolute Gasteiger partial charge is 0.227 e. The summed E-state index contributed by atoms with van der Waals surface area (Å²) in [5.74, 6) is 1.41. The molecule has 0 saturated heterocycles. The van der Waals surface area contributed by atoms with E-state index in [1.165, 1.54) is 11.1 Å². The first-order valence-corrected chi connectivity index (χ1v) is 8.52. The lowest BCUT2D eigenvalue weighted by Crippen LogP contribution is -2.13. The molecule has 24 heavy (non-hydrogen) atoms. The fourth-order valence-corrected chi connectivity index (χ4v) is 2.90. The highest BCUT2D eigenvalue weighted by Crippen LogP contribution is 2.30. The molecule has 2 aromatic carbocycles. The Balaban J connectivity index is 1.38. The summed E-state index contributed by atoms with van der Waals surface area (Å²) in [7, 11) is 0. The number of aromatic nitrogens is 2. The van der Waals surface area contributed by atoms with Crippen molar-refractivity contribution in [3.05, 3.63) is 59.4 Å². The number of fused-ring (bicyclic) bond motifs is 1. The molecule has 2 N–H and O–H groups in total. The summed E-state index contributed by atoms with van der Waals surface area (Å²) in [5.41, 5.74) is 5.49. The second-order valence-corrected chi connectivity index (χ2v) is 6.66. The number of hydrogen-bond donors (Lipinski definition) is 2. The molecule has 1 saturated carbocycles. The van der Waals surface area contributed by atoms with E-state index < -0.39 is 0 Å². The lowest BCUT2D eigenvalue weighted by atomic mass is 10.1. The van der Waals surface area contributed by atoms with E-state index in [1.54, 1.807) is 0 Å². The first-order valence-electron chi connectivity index (χ1n) is 8.52. The van der Waals surface area contributed by atoms with E-state index in [0.717, 1.165) is 48.2 Å². The number of carbonyl (C=O) groups excluding carboxylic acids is 1. The summed E-state index contributed by atoms with van der Waals surface area (Å²) in [6, 6.07) is 14.4. The van der Waals surface area contributed by atoms with Crippen LogP contribution in [0.1, 0.15) is 29.8 Å². The van der Waals surface area contributed by atoms with Gasteiger partial charge in [0, 0.05) is 18.0 Å². The van der Waals surface area contributed by atoms with Crippen molar-refractivity contribution in [1.82, 2.24) is 9.97 Å². The Morgan fingerprint density at radius 3 is 2.71 bits per heavy atom. The van der Waals surface area contributed by atoms with Gasteiger partial charge in [-0.05, 0) is 61.6 Å². The molecular weight excluding hydrogens is 298 g/mol. The molecule has 0 radical (unpaired) electrons. The monoisotopic (exact) mass is 319 g/mol. The lowest BCUT2D eigenvalue weighted by molar-refractivity contribution is -0.117. The third-order valence-electron chi connectivity index (χ3n) is 4.51. The van der Waals surface area contributed by atoms with Gasteiger partial charge in [-0.15, -0.1) is 0 Å². The van der Waals surface area contributed by atoms with E-state index in [0.29, 0.717) is 0 Å². The Kier molecular flexibility index (Phi) is 3.81. The molecule has 0 aliphatic heterocycles. The van der Waals surface area contributed by atoms with Crippen molar-refractivity contribution in [3.8, 4) is 0 Å². The highest BCUT2D eigenvalue weighted by Gasteiger charge is 2.29. The first kappa shape index (κ1) is 14.9. The third-order valence-corrected chi connectivity index (χ3v) is 4.51. The van der Waals surface area contributed by atoms with Gasteiger partial charge in [-0.2, -0.15) is 0 Å². The van der Waals surface area contributed by atoms with E-state index in [1.807, 2.05) is 12.1 Å². The second-order valence-electron chi connectivity index (χ2n) is 6.66. The van der Waals surface area contributed by atoms with Crippen LogP contribution in [-0.2, 0) is 17.6 Å². The number of aromatic amines is 1. The maximum Gasteiger partial charge on any atom is 0.227 e. The van der Waals surface area contributed by atoms with Crippen LogP contribution in [0, 0.1) is 12.8 Å². The van der Waals surface area contributed by atoms with E-state index in [-0.39, 0.29) is 11.8 Å². The van der Waals surface area contributed by atoms with Gasteiger partial charge in [-0.3, -0.25) is 4.79 Å². The normalized spacial score (nSPS) is 14.0. The third kappa shape index (κ3) is 3.32. The van der Waals surface area contributed by atoms with Gasteiger partial charge >= 0.3 is 0 Å². The molecule has 0 bridgehead atoms. The summed E-state index contributed by atoms with van der Waals surface area (Å²) in [6.07, 6.45) is 3.86. The number of carbonyl (C=O) groups is 1. The van der Waals surface area contributed by atoms with Crippen molar-refractivity contribution >= 4 is 22.6 Å². The van der Waals surface area contributed by atoms with Crippen LogP contribution in [0.5, 0.6) is 0 Å². The van der Waals surface area contributed by atoms with Gasteiger partial charge in [-0.1, -0.05) is 18.2 Å². The Hall–Kier alpha value is -2.62. The molecule has 4 nitrogen and oxygen atoms in total. The predicted octanol–water partition coefficient (Wildman–Crippen LogP) is 4.01. The summed E-state index contributed by atoms with van der Waals surface area (Å²) < 4.78 is 0. The molecule has 0 spiro atoms. The second kappa shape index (κ2) is 6.11. The fraction of sp³-hybridized carbons (Fsp3) is 0.300. The van der Waals surface area contributed by atoms with E-state index >= 15 is 0 Å². The van der Waals surface area contributed by atoms with Crippen LogP contribution in [0.3, 0.4) is 0 Å². The van der Waals surface area contributed by atoms with Gasteiger partial charge in [-0.25, -0.2) is 4.98 Å². The minimum Gasteiger partial charge on any atom is -0.342 e. The van der Waals surface area contributed by atoms with Gasteiger partial charge < -0.3 is 10.3 Å². The van der Waals surface area contributed by atoms with Crippen molar-refractivity contribution in [3.63, 3.8) is 0 Å². The predicted molar refractivity (Wildman–Crippen MR) is 96.0 cm³/mol. The summed E-state index contributed by atoms with van der Waals surface area (Å²) in [5, 5.41) is 2.97. The molecule has 0 unspecified atom stereocenters. The van der Waals surface area contributed by atoms with Gasteiger partial charge in [0.15, 0.2) is 0 Å². The Bertz CT molecular complexity index is 876. The standard InChI is InChI=1S/C20H21N3O/c1-13-2-10-17-18(12-13)23-19(22-17)11-5-14-3-8-16(9-4-14)21-20(24)15-6-7-15/h2-4,8-10,12,15H,5-7,11H2,1H3,(H,21,24)(H,22,23). The molecule has 4 heteroatoms. The van der Waals surface area contributed by atoms with E-state index in [9.17, 15) is 4.79 Å². The molecule has 1 aliphatic rings. The molecular formula is C20H21N3O. The molecule has 1 heterocycles. The molecule has 1 aromatic heterocycles. The number of nitrogens with zero attached hydrogens (tertiary/aromatic N) is 1. The number of rotatable bonds is 5. The number of benzene rings is 2. The van der Waals surface area contributed by atoms with Gasteiger partial charge in [0.1, 0.15) is 5.82 Å². The zero-order chi connectivity index (χ0) is 16.5. The first-order chi connectivity index (χ1) is 11.7. The summed E-state index contributed by atoms with van der Waals surface area (Å²) in [4.78, 5) is 19.8. The number of hydrogen-bond acceptors (Lipinski definition) is 2. The van der Waals surface area contributed by atoms with E-state index in [4.69, 9.17) is 0 Å². The van der Waals surface area contributed by atoms with Crippen molar-refractivity contribution in [2.45, 2.75) is 32.6 Å². The Morgan fingerprint density at radius 1 is 1.17 bits per heavy atom. The maximum atomic E-state index is 11.8. The van der Waals surface area contributed by atoms with Crippen LogP contribution >= 0.6 is 0 Å². The van der Waals surface area contributed by atoms with Crippen LogP contribution in [0.15, 0.2) is 42.5 Å². The number of amides is 1. The van der Waals surface area contributed by atoms with Crippen LogP contribution in [0.4, 0.5) is 5.69 Å². The fourth-order valence-electron chi connectivity index (χ4n) is 2.90. The van der Waals surface area contributed by atoms with Crippen LogP contribution in [-0.4, -0.2) is 15.9 Å². The van der Waals surface area contributed by atoms with Crippen molar-refractivity contribution in [1.29, 1.82) is 0 Å². The highest BCUT2D eigenvalue weighted by molar-refractivity contribution is 5.94. The zero-order valence-corrected chi connectivity index (χ0v) is 13.8. The molecule has 1 aliphatic carbocycles. The maximum absolute atomic E-state index is 11.8. The minimum absolute atomic E-state index is 0.153. The zero-order valence-electron chi connectivity index (χ0n) is 13.8. The average molecular weight is 319 g/mol. The average Bonchev–Trinajstić information content (AvgIpc) is 3.35. The largest absolute Gasteiger partial charge is 0.342 e. The molecule has 0 atom stereocenters. The van der Waals surface area contributed by atoms with Crippen LogP contribution in [0.2, 0.25) is 0 Å². The molecule has 4 rings (SSSR count). The van der Waals surface area contributed by atoms with Gasteiger partial charge in [0.25, 0.3) is 0 Å². The van der Waals surface area contributed by atoms with Crippen molar-refractivity contribution in [2.75, 3.05) is 5.32 Å². The quantitative estimate of drug-likeness (QED) is 0.746. The number of H-pyrrole nitrogens is 1. The molecule has 1 fully saturated rings. The topological polar surface area (TPSA) is 57.8 Å². The summed E-state index contributed by atoms with van der Waals surface area (Å²) in [6.45, 7) is 2.09. The van der Waals surface area contributed by atoms with E-state index in [2.05, 4.69) is 52.5 Å². The number of anilines is 1. The lowest BCUT2D eigenvalue weighted by Gasteiger charge is -2.05. The Morgan fingerprint density at radius 2 is 1.96 bits per heavy atom. The Labute approximate surface area is 141 Å². The summed E-state index contributed by atoms with van der Waals surface area (Å²) >= 11 is 0. The molecule has 122 valence electrons. The number of imidazole rings is 1. The number of aryl methyl sites for hydroxylation is 3. The highest BCUT2D eigenvalue weighted by atomic mass is 16.2. The van der Waals surface area contributed by atoms with Gasteiger partial charge in [0.2, 0.25) is 5.91 Å². The SMILES string of the molecule is Cc1ccc2nc(CCc3ccc(NC(=O)C4CC4)cc3)[nH]c2c1. The van der Waals surface area contributed by atoms with Crippen LogP contribution in [0.25, 0.3) is 11.0 Å². The molecule has 1 amide bonds. The molecule has 3 aromatic rings. The van der Waals surface area contributed by atoms with Crippen LogP contribution < -0.4 is 5.32 Å². The van der Waals surface area contributed by atoms with Gasteiger partial charge in [0.05, 0.1) is 11.0 Å². The van der Waals surface area contributed by atoms with Crippen molar-refractivity contribution in [2.24, 2.45) is 5.92 Å². The minimum atomic E-state index is 0.153.